The molecule has 1 fully saturated rings. The molecule has 4 nitrogen and oxygen atoms in total. The van der Waals surface area contributed by atoms with Gasteiger partial charge < -0.3 is 5.32 Å². The minimum Gasteiger partial charge on any atom is -0.374 e. The Morgan fingerprint density at radius 1 is 1.44 bits per heavy atom. The van der Waals surface area contributed by atoms with E-state index in [1.54, 1.807) is 0 Å². The summed E-state index contributed by atoms with van der Waals surface area (Å²) in [7, 11) is 0. The molecule has 0 amide bonds. The van der Waals surface area contributed by atoms with E-state index in [2.05, 4.69) is 5.32 Å². The predicted octanol–water partition coefficient (Wildman–Crippen LogP) is 3.72. The van der Waals surface area contributed by atoms with Crippen molar-refractivity contribution < 1.29 is 9.31 Å². The summed E-state index contributed by atoms with van der Waals surface area (Å²) in [6.07, 6.45) is 4.60. The van der Waals surface area contributed by atoms with Gasteiger partial charge in [0.25, 0.3) is 5.69 Å². The number of rotatable bonds is 4. The number of nitrogens with zero attached hydrogens (tertiary/aromatic N) is 1. The van der Waals surface area contributed by atoms with E-state index >= 15 is 0 Å². The van der Waals surface area contributed by atoms with Gasteiger partial charge in [0.15, 0.2) is 5.82 Å². The van der Waals surface area contributed by atoms with Gasteiger partial charge in [-0.3, -0.25) is 10.1 Å². The van der Waals surface area contributed by atoms with E-state index in [4.69, 9.17) is 0 Å². The molecule has 1 unspecified atom stereocenters. The lowest BCUT2D eigenvalue weighted by atomic mass is 9.99. The number of benzene rings is 1. The summed E-state index contributed by atoms with van der Waals surface area (Å²) < 4.78 is 13.7. The van der Waals surface area contributed by atoms with E-state index in [-0.39, 0.29) is 17.4 Å². The predicted molar refractivity (Wildman–Crippen MR) is 68.1 cm³/mol. The Labute approximate surface area is 105 Å². The third kappa shape index (κ3) is 2.60. The molecule has 1 aromatic rings. The zero-order chi connectivity index (χ0) is 13.1. The van der Waals surface area contributed by atoms with Gasteiger partial charge in [-0.1, -0.05) is 18.9 Å². The molecule has 98 valence electrons. The molecule has 0 radical (unpaired) electrons. The standard InChI is InChI=1S/C13H17FN2O2/c1-9(10-5-2-3-6-10)15-13-11(14)7-4-8-12(13)16(17)18/h4,7-10,15H,2-3,5-6H2,1H3. The molecule has 1 aliphatic carbocycles. The van der Waals surface area contributed by atoms with Crippen LogP contribution in [-0.4, -0.2) is 11.0 Å². The summed E-state index contributed by atoms with van der Waals surface area (Å²) in [6, 6.07) is 3.99. The number of hydrogen-bond acceptors (Lipinski definition) is 3. The highest BCUT2D eigenvalue weighted by Gasteiger charge is 2.25. The maximum Gasteiger partial charge on any atom is 0.295 e. The molecule has 0 aromatic heterocycles. The van der Waals surface area contributed by atoms with Gasteiger partial charge in [0.1, 0.15) is 5.69 Å². The van der Waals surface area contributed by atoms with E-state index in [1.165, 1.54) is 31.0 Å². The third-order valence-electron chi connectivity index (χ3n) is 3.67. The summed E-state index contributed by atoms with van der Waals surface area (Å²) in [4.78, 5) is 10.3. The molecule has 1 aliphatic rings. The first kappa shape index (κ1) is 12.8. The van der Waals surface area contributed by atoms with E-state index in [0.717, 1.165) is 12.8 Å². The van der Waals surface area contributed by atoms with Gasteiger partial charge in [-0.05, 0) is 31.7 Å². The highest BCUT2D eigenvalue weighted by atomic mass is 19.1. The average molecular weight is 252 g/mol. The SMILES string of the molecule is CC(Nc1c(F)cccc1[N+](=O)[O-])C1CCCC1. The first-order valence-corrected chi connectivity index (χ1v) is 6.29. The fourth-order valence-corrected chi connectivity index (χ4v) is 2.61. The number of para-hydroxylation sites is 1. The summed E-state index contributed by atoms with van der Waals surface area (Å²) in [5, 5.41) is 13.9. The van der Waals surface area contributed by atoms with E-state index < -0.39 is 10.7 Å². The van der Waals surface area contributed by atoms with Gasteiger partial charge in [0.2, 0.25) is 0 Å². The molecule has 1 N–H and O–H groups in total. The van der Waals surface area contributed by atoms with Crippen LogP contribution in [0.25, 0.3) is 0 Å². The lowest BCUT2D eigenvalue weighted by Gasteiger charge is -2.21. The quantitative estimate of drug-likeness (QED) is 0.656. The lowest BCUT2D eigenvalue weighted by molar-refractivity contribution is -0.384. The van der Waals surface area contributed by atoms with E-state index in [0.29, 0.717) is 5.92 Å². The van der Waals surface area contributed by atoms with Crippen molar-refractivity contribution >= 4 is 11.4 Å². The smallest absolute Gasteiger partial charge is 0.295 e. The Morgan fingerprint density at radius 2 is 2.11 bits per heavy atom. The minimum atomic E-state index is -0.561. The van der Waals surface area contributed by atoms with Crippen LogP contribution in [0.2, 0.25) is 0 Å². The monoisotopic (exact) mass is 252 g/mol. The fourth-order valence-electron chi connectivity index (χ4n) is 2.61. The number of halogens is 1. The molecule has 18 heavy (non-hydrogen) atoms. The van der Waals surface area contributed by atoms with Crippen LogP contribution in [0.15, 0.2) is 18.2 Å². The van der Waals surface area contributed by atoms with Crippen molar-refractivity contribution in [1.82, 2.24) is 0 Å². The molecule has 0 heterocycles. The Bertz CT molecular complexity index is 445. The van der Waals surface area contributed by atoms with Crippen LogP contribution in [0.3, 0.4) is 0 Å². The summed E-state index contributed by atoms with van der Waals surface area (Å²) in [5.74, 6) is -0.0849. The molecule has 1 aromatic carbocycles. The van der Waals surface area contributed by atoms with E-state index in [9.17, 15) is 14.5 Å². The molecule has 0 saturated heterocycles. The number of anilines is 1. The normalized spacial score (nSPS) is 17.7. The molecule has 1 atom stereocenters. The van der Waals surface area contributed by atoms with Crippen molar-refractivity contribution in [3.8, 4) is 0 Å². The maximum absolute atomic E-state index is 13.7. The molecule has 0 spiro atoms. The molecule has 1 saturated carbocycles. The van der Waals surface area contributed by atoms with Gasteiger partial charge in [0.05, 0.1) is 4.92 Å². The molecular weight excluding hydrogens is 235 g/mol. The lowest BCUT2D eigenvalue weighted by Crippen LogP contribution is -2.24. The van der Waals surface area contributed by atoms with Crippen molar-refractivity contribution in [1.29, 1.82) is 0 Å². The largest absolute Gasteiger partial charge is 0.374 e. The zero-order valence-corrected chi connectivity index (χ0v) is 10.4. The number of nitro groups is 1. The number of hydrogen-bond donors (Lipinski definition) is 1. The number of nitrogens with one attached hydrogen (secondary N) is 1. The Balaban J connectivity index is 2.19. The van der Waals surface area contributed by atoms with Crippen LogP contribution in [-0.2, 0) is 0 Å². The van der Waals surface area contributed by atoms with Crippen molar-refractivity contribution in [2.24, 2.45) is 5.92 Å². The first-order chi connectivity index (χ1) is 8.59. The molecule has 0 bridgehead atoms. The minimum absolute atomic E-state index is 0.0156. The summed E-state index contributed by atoms with van der Waals surface area (Å²) >= 11 is 0. The van der Waals surface area contributed by atoms with Gasteiger partial charge in [-0.2, -0.15) is 0 Å². The van der Waals surface area contributed by atoms with Crippen LogP contribution < -0.4 is 5.32 Å². The molecule has 0 aliphatic heterocycles. The van der Waals surface area contributed by atoms with Crippen molar-refractivity contribution in [2.75, 3.05) is 5.32 Å². The van der Waals surface area contributed by atoms with Crippen molar-refractivity contribution in [3.63, 3.8) is 0 Å². The zero-order valence-electron chi connectivity index (χ0n) is 10.4. The number of nitro benzene ring substituents is 1. The van der Waals surface area contributed by atoms with Gasteiger partial charge >= 0.3 is 0 Å². The van der Waals surface area contributed by atoms with Crippen molar-refractivity contribution in [2.45, 2.75) is 38.6 Å². The Hall–Kier alpha value is -1.65. The summed E-state index contributed by atoms with van der Waals surface area (Å²) in [5.41, 5.74) is -0.179. The van der Waals surface area contributed by atoms with Crippen LogP contribution >= 0.6 is 0 Å². The van der Waals surface area contributed by atoms with Gasteiger partial charge in [-0.15, -0.1) is 0 Å². The highest BCUT2D eigenvalue weighted by molar-refractivity contribution is 5.62. The summed E-state index contributed by atoms with van der Waals surface area (Å²) in [6.45, 7) is 1.96. The first-order valence-electron chi connectivity index (χ1n) is 6.29. The Morgan fingerprint density at radius 3 is 2.72 bits per heavy atom. The van der Waals surface area contributed by atoms with Crippen LogP contribution in [0.1, 0.15) is 32.6 Å². The maximum atomic E-state index is 13.7. The molecule has 2 rings (SSSR count). The second-order valence-corrected chi connectivity index (χ2v) is 4.87. The van der Waals surface area contributed by atoms with Gasteiger partial charge in [-0.25, -0.2) is 4.39 Å². The second kappa shape index (κ2) is 5.33. The van der Waals surface area contributed by atoms with E-state index in [1.807, 2.05) is 6.92 Å². The second-order valence-electron chi connectivity index (χ2n) is 4.87. The topological polar surface area (TPSA) is 55.2 Å². The highest BCUT2D eigenvalue weighted by Crippen LogP contribution is 2.33. The van der Waals surface area contributed by atoms with Gasteiger partial charge in [0, 0.05) is 12.1 Å². The average Bonchev–Trinajstić information content (AvgIpc) is 2.85. The third-order valence-corrected chi connectivity index (χ3v) is 3.67. The fraction of sp³-hybridized carbons (Fsp3) is 0.538. The van der Waals surface area contributed by atoms with Crippen LogP contribution in [0, 0.1) is 21.8 Å². The Kier molecular flexibility index (Phi) is 3.79. The molecule has 5 heteroatoms. The molecular formula is C13H17FN2O2. The van der Waals surface area contributed by atoms with Crippen molar-refractivity contribution in [3.05, 3.63) is 34.1 Å². The van der Waals surface area contributed by atoms with Crippen LogP contribution in [0.4, 0.5) is 15.8 Å². The van der Waals surface area contributed by atoms with Crippen LogP contribution in [0.5, 0.6) is 0 Å².